The summed E-state index contributed by atoms with van der Waals surface area (Å²) in [6.07, 6.45) is 6.11. The van der Waals surface area contributed by atoms with Crippen LogP contribution in [0.2, 0.25) is 0 Å². The number of carboxylic acids is 1. The van der Waals surface area contributed by atoms with Gasteiger partial charge in [-0.15, -0.1) is 0 Å². The monoisotopic (exact) mass is 453 g/mol. The Balaban J connectivity index is 0. The maximum absolute atomic E-state index is 12.4. The maximum Gasteiger partial charge on any atom is 0.303 e. The molecule has 1 aromatic carbocycles. The number of aromatic nitrogens is 2. The lowest BCUT2D eigenvalue weighted by Crippen LogP contribution is -2.15. The van der Waals surface area contributed by atoms with Crippen LogP contribution in [0.4, 0.5) is 4.39 Å². The first-order valence-corrected chi connectivity index (χ1v) is 11.3. The maximum atomic E-state index is 12.4. The number of carboxylic acid groups (broad SMARTS) is 1. The molecule has 3 N–H and O–H groups in total. The molecule has 0 spiro atoms. The van der Waals surface area contributed by atoms with Gasteiger partial charge >= 0.3 is 5.97 Å². The van der Waals surface area contributed by atoms with Gasteiger partial charge in [-0.05, 0) is 35.9 Å². The number of aryl methyl sites for hydroxylation is 1. The van der Waals surface area contributed by atoms with Gasteiger partial charge in [0.1, 0.15) is 5.82 Å². The molecule has 0 aliphatic heterocycles. The van der Waals surface area contributed by atoms with E-state index >= 15 is 0 Å². The lowest BCUT2D eigenvalue weighted by atomic mass is 10.1. The molecule has 0 saturated heterocycles. The summed E-state index contributed by atoms with van der Waals surface area (Å²) >= 11 is 1.84. The molecule has 2 rings (SSSR count). The lowest BCUT2D eigenvalue weighted by Gasteiger charge is -1.98. The number of rotatable bonds is 7. The number of hydrogen-bond acceptors (Lipinski definition) is 4. The van der Waals surface area contributed by atoms with E-state index in [9.17, 15) is 14.0 Å². The van der Waals surface area contributed by atoms with E-state index in [0.29, 0.717) is 12.0 Å². The van der Waals surface area contributed by atoms with E-state index < -0.39 is 5.97 Å². The second kappa shape index (κ2) is 19.4. The third kappa shape index (κ3) is 16.8. The SMILES string of the molecule is C/C=C(/Cc1cnn(C)c1)C(N)=O.CC.CCC(=O)O.CCSCc1ccc(F)cc1. The number of aliphatic carboxylic acids is 1. The van der Waals surface area contributed by atoms with Gasteiger partial charge in [0, 0.05) is 37.4 Å². The number of nitrogens with zero attached hydrogens (tertiary/aromatic N) is 2. The van der Waals surface area contributed by atoms with Crippen LogP contribution in [0.1, 0.15) is 52.2 Å². The Bertz CT molecular complexity index is 775. The van der Waals surface area contributed by atoms with Crippen LogP contribution >= 0.6 is 11.8 Å². The van der Waals surface area contributed by atoms with Gasteiger partial charge in [0.05, 0.1) is 6.20 Å². The van der Waals surface area contributed by atoms with Crippen molar-refractivity contribution in [2.75, 3.05) is 5.75 Å². The topological polar surface area (TPSA) is 98.2 Å². The Hall–Kier alpha value is -2.61. The summed E-state index contributed by atoms with van der Waals surface area (Å²) in [5, 5.41) is 11.7. The van der Waals surface area contributed by atoms with E-state index in [0.717, 1.165) is 17.1 Å². The van der Waals surface area contributed by atoms with E-state index in [-0.39, 0.29) is 18.1 Å². The molecule has 0 bridgehead atoms. The quantitative estimate of drug-likeness (QED) is 0.576. The van der Waals surface area contributed by atoms with E-state index in [1.54, 1.807) is 30.8 Å². The molecule has 0 aliphatic carbocycles. The fraction of sp³-hybridized carbons (Fsp3) is 0.435. The van der Waals surface area contributed by atoms with Crippen LogP contribution in [-0.2, 0) is 28.8 Å². The van der Waals surface area contributed by atoms with Crippen molar-refractivity contribution in [2.45, 2.75) is 53.2 Å². The zero-order valence-corrected chi connectivity index (χ0v) is 20.2. The smallest absolute Gasteiger partial charge is 0.303 e. The van der Waals surface area contributed by atoms with E-state index in [1.165, 1.54) is 17.7 Å². The fourth-order valence-electron chi connectivity index (χ4n) is 1.92. The molecule has 1 heterocycles. The summed E-state index contributed by atoms with van der Waals surface area (Å²) in [6, 6.07) is 6.67. The molecule has 174 valence electrons. The molecule has 6 nitrogen and oxygen atoms in total. The normalized spacial score (nSPS) is 9.84. The van der Waals surface area contributed by atoms with Crippen molar-refractivity contribution in [2.24, 2.45) is 12.8 Å². The number of halogens is 1. The second-order valence-electron chi connectivity index (χ2n) is 5.89. The first-order chi connectivity index (χ1) is 14.7. The van der Waals surface area contributed by atoms with Crippen LogP contribution in [-0.4, -0.2) is 32.5 Å². The summed E-state index contributed by atoms with van der Waals surface area (Å²) in [5.41, 5.74) is 7.97. The van der Waals surface area contributed by atoms with E-state index in [1.807, 2.05) is 51.0 Å². The van der Waals surface area contributed by atoms with Crippen LogP contribution in [0.3, 0.4) is 0 Å². The average molecular weight is 454 g/mol. The number of benzene rings is 1. The van der Waals surface area contributed by atoms with Crippen LogP contribution in [0.25, 0.3) is 0 Å². The number of primary amides is 1. The predicted molar refractivity (Wildman–Crippen MR) is 127 cm³/mol. The van der Waals surface area contributed by atoms with Crippen LogP contribution in [0.5, 0.6) is 0 Å². The van der Waals surface area contributed by atoms with Crippen LogP contribution < -0.4 is 5.73 Å². The van der Waals surface area contributed by atoms with Gasteiger partial charge in [0.15, 0.2) is 0 Å². The zero-order chi connectivity index (χ0) is 24.2. The highest BCUT2D eigenvalue weighted by Gasteiger charge is 2.05. The molecule has 1 aromatic heterocycles. The van der Waals surface area contributed by atoms with Crippen molar-refractivity contribution in [3.05, 3.63) is 65.3 Å². The van der Waals surface area contributed by atoms with Crippen LogP contribution in [0.15, 0.2) is 48.3 Å². The Kier molecular flexibility index (Phi) is 19.1. The van der Waals surface area contributed by atoms with Gasteiger partial charge in [-0.1, -0.05) is 45.9 Å². The number of amides is 1. The van der Waals surface area contributed by atoms with Gasteiger partial charge in [0.25, 0.3) is 0 Å². The van der Waals surface area contributed by atoms with Crippen molar-refractivity contribution in [3.8, 4) is 0 Å². The number of thioether (sulfide) groups is 1. The number of carbonyl (C=O) groups is 2. The van der Waals surface area contributed by atoms with Crippen molar-refractivity contribution in [3.63, 3.8) is 0 Å². The third-order valence-corrected chi connectivity index (χ3v) is 4.45. The Morgan fingerprint density at radius 2 is 1.74 bits per heavy atom. The molecule has 0 fully saturated rings. The van der Waals surface area contributed by atoms with Crippen molar-refractivity contribution < 1.29 is 19.1 Å². The largest absolute Gasteiger partial charge is 0.481 e. The summed E-state index contributed by atoms with van der Waals surface area (Å²) in [4.78, 5) is 20.2. The van der Waals surface area contributed by atoms with Crippen molar-refractivity contribution in [1.29, 1.82) is 0 Å². The molecular weight excluding hydrogens is 417 g/mol. The molecule has 8 heteroatoms. The van der Waals surface area contributed by atoms with Crippen molar-refractivity contribution >= 4 is 23.6 Å². The second-order valence-corrected chi connectivity index (χ2v) is 7.16. The first kappa shape index (κ1) is 30.6. The van der Waals surface area contributed by atoms with Gasteiger partial charge < -0.3 is 10.8 Å². The van der Waals surface area contributed by atoms with Gasteiger partial charge in [-0.3, -0.25) is 14.3 Å². The molecule has 1 amide bonds. The Morgan fingerprint density at radius 1 is 1.19 bits per heavy atom. The number of carbonyl (C=O) groups excluding carboxylic acids is 1. The van der Waals surface area contributed by atoms with Gasteiger partial charge in [-0.25, -0.2) is 4.39 Å². The molecule has 0 unspecified atom stereocenters. The van der Waals surface area contributed by atoms with Gasteiger partial charge in [0.2, 0.25) is 5.91 Å². The fourth-order valence-corrected chi connectivity index (χ4v) is 2.55. The third-order valence-electron chi connectivity index (χ3n) is 3.51. The molecule has 0 saturated carbocycles. The summed E-state index contributed by atoms with van der Waals surface area (Å²) < 4.78 is 14.1. The minimum Gasteiger partial charge on any atom is -0.481 e. The molecule has 0 radical (unpaired) electrons. The standard InChI is InChI=1S/C9H11FS.C9H13N3O.C3H6O2.C2H6/c1-2-11-7-8-3-5-9(10)6-4-8;1-3-8(9(10)13)4-7-5-11-12(2)6-7;1-2-3(4)5;1-2/h3-6H,2,7H2,1H3;3,5-6H,4H2,1-2H3,(H2,10,13);2H2,1H3,(H,4,5);1-2H3/b;8-3-;;. The minimum absolute atomic E-state index is 0.157. The predicted octanol–water partition coefficient (Wildman–Crippen LogP) is 4.98. The Morgan fingerprint density at radius 3 is 2.10 bits per heavy atom. The van der Waals surface area contributed by atoms with Crippen LogP contribution in [0, 0.1) is 5.82 Å². The van der Waals surface area contributed by atoms with E-state index in [4.69, 9.17) is 10.8 Å². The van der Waals surface area contributed by atoms with Crippen molar-refractivity contribution in [1.82, 2.24) is 9.78 Å². The highest BCUT2D eigenvalue weighted by molar-refractivity contribution is 7.98. The Labute approximate surface area is 189 Å². The van der Waals surface area contributed by atoms with E-state index in [2.05, 4.69) is 12.0 Å². The molecule has 31 heavy (non-hydrogen) atoms. The molecule has 0 aliphatic rings. The summed E-state index contributed by atoms with van der Waals surface area (Å²) in [6.45, 7) is 9.52. The lowest BCUT2D eigenvalue weighted by molar-refractivity contribution is -0.136. The number of nitrogens with two attached hydrogens (primary N) is 1. The number of hydrogen-bond donors (Lipinski definition) is 2. The highest BCUT2D eigenvalue weighted by Crippen LogP contribution is 2.11. The number of allylic oxidation sites excluding steroid dienone is 1. The minimum atomic E-state index is -0.745. The zero-order valence-electron chi connectivity index (χ0n) is 19.4. The molecular formula is C23H36FN3O3S. The summed E-state index contributed by atoms with van der Waals surface area (Å²) in [7, 11) is 1.84. The summed E-state index contributed by atoms with van der Waals surface area (Å²) in [5.74, 6) is 0.820. The highest BCUT2D eigenvalue weighted by atomic mass is 32.2. The first-order valence-electron chi connectivity index (χ1n) is 10.2. The molecule has 0 atom stereocenters. The van der Waals surface area contributed by atoms with Gasteiger partial charge in [-0.2, -0.15) is 16.9 Å². The molecule has 2 aromatic rings. The average Bonchev–Trinajstić information content (AvgIpc) is 3.18.